The van der Waals surface area contributed by atoms with Gasteiger partial charge in [-0.1, -0.05) is 18.2 Å². The average molecular weight is 218 g/mol. The highest BCUT2D eigenvalue weighted by atomic mass is 16.5. The predicted octanol–water partition coefficient (Wildman–Crippen LogP) is 2.48. The van der Waals surface area contributed by atoms with Gasteiger partial charge in [-0.2, -0.15) is 0 Å². The lowest BCUT2D eigenvalue weighted by Gasteiger charge is -2.11. The molecule has 0 fully saturated rings. The number of nitrogens with one attached hydrogen (secondary N) is 1. The second-order valence-electron chi connectivity index (χ2n) is 3.96. The smallest absolute Gasteiger partial charge is 0.101 e. The number of ether oxygens (including phenoxy) is 1. The van der Waals surface area contributed by atoms with E-state index in [2.05, 4.69) is 28.5 Å². The Kier molecular flexibility index (Phi) is 3.94. The van der Waals surface area contributed by atoms with Crippen molar-refractivity contribution in [1.82, 2.24) is 0 Å². The van der Waals surface area contributed by atoms with Gasteiger partial charge in [-0.05, 0) is 24.5 Å². The van der Waals surface area contributed by atoms with Gasteiger partial charge in [-0.15, -0.1) is 0 Å². The molecule has 0 amide bonds. The number of amidine groups is 1. The van der Waals surface area contributed by atoms with E-state index in [1.807, 2.05) is 6.07 Å². The highest BCUT2D eigenvalue weighted by molar-refractivity contribution is 5.96. The Balaban J connectivity index is 2.06. The van der Waals surface area contributed by atoms with Gasteiger partial charge in [-0.3, -0.25) is 4.99 Å². The van der Waals surface area contributed by atoms with Crippen LogP contribution in [0.25, 0.3) is 0 Å². The summed E-state index contributed by atoms with van der Waals surface area (Å²) in [5, 5.41) is 3.41. The number of hydrogen-bond acceptors (Lipinski definition) is 3. The Morgan fingerprint density at radius 2 is 2.25 bits per heavy atom. The van der Waals surface area contributed by atoms with Crippen LogP contribution >= 0.6 is 0 Å². The fourth-order valence-electron chi connectivity index (χ4n) is 1.87. The molecule has 0 saturated heterocycles. The minimum absolute atomic E-state index is 0.755. The molecule has 0 bridgehead atoms. The minimum atomic E-state index is 0.755. The van der Waals surface area contributed by atoms with Crippen molar-refractivity contribution >= 4 is 11.5 Å². The highest BCUT2D eigenvalue weighted by Crippen LogP contribution is 2.17. The molecule has 0 unspecified atom stereocenters. The lowest BCUT2D eigenvalue weighted by atomic mass is 10.1. The SMILES string of the molecule is COCCc1ccccc1NC1=NCCC1. The zero-order valence-electron chi connectivity index (χ0n) is 9.70. The number of nitrogens with zero attached hydrogens (tertiary/aromatic N) is 1. The maximum Gasteiger partial charge on any atom is 0.101 e. The fourth-order valence-corrected chi connectivity index (χ4v) is 1.87. The highest BCUT2D eigenvalue weighted by Gasteiger charge is 2.08. The van der Waals surface area contributed by atoms with Gasteiger partial charge in [0.2, 0.25) is 0 Å². The summed E-state index contributed by atoms with van der Waals surface area (Å²) >= 11 is 0. The summed E-state index contributed by atoms with van der Waals surface area (Å²) in [6.07, 6.45) is 3.17. The van der Waals surface area contributed by atoms with Crippen molar-refractivity contribution in [2.24, 2.45) is 4.99 Å². The van der Waals surface area contributed by atoms with E-state index < -0.39 is 0 Å². The molecular weight excluding hydrogens is 200 g/mol. The Bertz CT molecular complexity index is 374. The molecule has 0 aromatic heterocycles. The molecule has 1 aliphatic rings. The number of benzene rings is 1. The van der Waals surface area contributed by atoms with Crippen molar-refractivity contribution in [1.29, 1.82) is 0 Å². The van der Waals surface area contributed by atoms with Crippen LogP contribution in [0.4, 0.5) is 5.69 Å². The lowest BCUT2D eigenvalue weighted by molar-refractivity contribution is 0.202. The van der Waals surface area contributed by atoms with Crippen LogP contribution in [0.3, 0.4) is 0 Å². The third-order valence-corrected chi connectivity index (χ3v) is 2.75. The molecule has 0 aliphatic carbocycles. The van der Waals surface area contributed by atoms with Crippen LogP contribution in [0.5, 0.6) is 0 Å². The maximum absolute atomic E-state index is 5.11. The molecular formula is C13H18N2O. The largest absolute Gasteiger partial charge is 0.384 e. The number of methoxy groups -OCH3 is 1. The predicted molar refractivity (Wildman–Crippen MR) is 67.2 cm³/mol. The van der Waals surface area contributed by atoms with Crippen molar-refractivity contribution in [2.75, 3.05) is 25.6 Å². The summed E-state index contributed by atoms with van der Waals surface area (Å²) in [6, 6.07) is 8.35. The third-order valence-electron chi connectivity index (χ3n) is 2.75. The van der Waals surface area contributed by atoms with Crippen LogP contribution in [-0.2, 0) is 11.2 Å². The zero-order chi connectivity index (χ0) is 11.2. The van der Waals surface area contributed by atoms with E-state index in [0.29, 0.717) is 0 Å². The summed E-state index contributed by atoms with van der Waals surface area (Å²) in [5.74, 6) is 1.12. The first-order valence-electron chi connectivity index (χ1n) is 5.77. The van der Waals surface area contributed by atoms with E-state index in [4.69, 9.17) is 4.74 Å². The van der Waals surface area contributed by atoms with Crippen LogP contribution in [0, 0.1) is 0 Å². The molecule has 0 radical (unpaired) electrons. The summed E-state index contributed by atoms with van der Waals surface area (Å²) < 4.78 is 5.11. The zero-order valence-corrected chi connectivity index (χ0v) is 9.70. The van der Waals surface area contributed by atoms with Gasteiger partial charge in [0.25, 0.3) is 0 Å². The van der Waals surface area contributed by atoms with E-state index in [9.17, 15) is 0 Å². The topological polar surface area (TPSA) is 33.6 Å². The van der Waals surface area contributed by atoms with Crippen molar-refractivity contribution in [3.05, 3.63) is 29.8 Å². The molecule has 2 rings (SSSR count). The summed E-state index contributed by atoms with van der Waals surface area (Å²) in [4.78, 5) is 4.43. The van der Waals surface area contributed by atoms with Gasteiger partial charge in [-0.25, -0.2) is 0 Å². The fraction of sp³-hybridized carbons (Fsp3) is 0.462. The molecule has 3 heteroatoms. The van der Waals surface area contributed by atoms with E-state index in [1.165, 1.54) is 17.7 Å². The molecule has 1 aromatic carbocycles. The number of anilines is 1. The molecule has 0 spiro atoms. The molecule has 0 saturated carbocycles. The maximum atomic E-state index is 5.11. The standard InChI is InChI=1S/C13H18N2O/c1-16-10-8-11-5-2-3-6-12(11)15-13-7-4-9-14-13/h2-3,5-6H,4,7-10H2,1H3,(H,14,15). The van der Waals surface area contributed by atoms with Gasteiger partial charge in [0.05, 0.1) is 6.61 Å². The lowest BCUT2D eigenvalue weighted by Crippen LogP contribution is -2.10. The van der Waals surface area contributed by atoms with Gasteiger partial charge < -0.3 is 10.1 Å². The Hall–Kier alpha value is -1.35. The van der Waals surface area contributed by atoms with Crippen molar-refractivity contribution < 1.29 is 4.74 Å². The van der Waals surface area contributed by atoms with Gasteiger partial charge in [0, 0.05) is 25.8 Å². The molecule has 86 valence electrons. The second kappa shape index (κ2) is 5.66. The van der Waals surface area contributed by atoms with Crippen LogP contribution in [0.1, 0.15) is 18.4 Å². The van der Waals surface area contributed by atoms with Crippen LogP contribution in [0.15, 0.2) is 29.3 Å². The van der Waals surface area contributed by atoms with Crippen molar-refractivity contribution in [2.45, 2.75) is 19.3 Å². The van der Waals surface area contributed by atoms with Gasteiger partial charge >= 0.3 is 0 Å². The summed E-state index contributed by atoms with van der Waals surface area (Å²) in [6.45, 7) is 1.72. The van der Waals surface area contributed by atoms with Crippen LogP contribution in [-0.4, -0.2) is 26.1 Å². The third kappa shape index (κ3) is 2.83. The molecule has 3 nitrogen and oxygen atoms in total. The average Bonchev–Trinajstić information content (AvgIpc) is 2.81. The van der Waals surface area contributed by atoms with E-state index in [-0.39, 0.29) is 0 Å². The van der Waals surface area contributed by atoms with E-state index >= 15 is 0 Å². The van der Waals surface area contributed by atoms with Crippen molar-refractivity contribution in [3.63, 3.8) is 0 Å². The summed E-state index contributed by atoms with van der Waals surface area (Å²) in [7, 11) is 1.73. The molecule has 16 heavy (non-hydrogen) atoms. The number of para-hydroxylation sites is 1. The first kappa shape index (κ1) is 11.1. The quantitative estimate of drug-likeness (QED) is 0.842. The molecule has 1 heterocycles. The molecule has 0 atom stereocenters. The number of aliphatic imine (C=N–C) groups is 1. The molecule has 1 aromatic rings. The van der Waals surface area contributed by atoms with E-state index in [1.54, 1.807) is 7.11 Å². The number of rotatable bonds is 4. The minimum Gasteiger partial charge on any atom is -0.384 e. The number of hydrogen-bond donors (Lipinski definition) is 1. The first-order valence-corrected chi connectivity index (χ1v) is 5.77. The van der Waals surface area contributed by atoms with Crippen LogP contribution in [0.2, 0.25) is 0 Å². The Morgan fingerprint density at radius 3 is 3.00 bits per heavy atom. The molecule has 1 N–H and O–H groups in total. The summed E-state index contributed by atoms with van der Waals surface area (Å²) in [5.41, 5.74) is 2.46. The molecule has 1 aliphatic heterocycles. The van der Waals surface area contributed by atoms with Gasteiger partial charge in [0.15, 0.2) is 0 Å². The Labute approximate surface area is 96.5 Å². The van der Waals surface area contributed by atoms with E-state index in [0.717, 1.165) is 31.8 Å². The van der Waals surface area contributed by atoms with Crippen LogP contribution < -0.4 is 5.32 Å². The van der Waals surface area contributed by atoms with Gasteiger partial charge in [0.1, 0.15) is 5.84 Å². The van der Waals surface area contributed by atoms with Crippen molar-refractivity contribution in [3.8, 4) is 0 Å². The monoisotopic (exact) mass is 218 g/mol. The Morgan fingerprint density at radius 1 is 1.38 bits per heavy atom. The second-order valence-corrected chi connectivity index (χ2v) is 3.96. The first-order chi connectivity index (χ1) is 7.90. The normalized spacial score (nSPS) is 14.9.